The van der Waals surface area contributed by atoms with Crippen molar-refractivity contribution in [3.63, 3.8) is 0 Å². The number of carboxylic acid groups (broad SMARTS) is 2. The van der Waals surface area contributed by atoms with E-state index in [0.717, 1.165) is 21.8 Å². The molecule has 2 aromatic heterocycles. The van der Waals surface area contributed by atoms with Crippen LogP contribution in [-0.4, -0.2) is 21.9 Å². The fraction of sp³-hybridized carbons (Fsp3) is 0. The van der Waals surface area contributed by atoms with Crippen molar-refractivity contribution in [2.24, 2.45) is 0 Å². The second-order valence-electron chi connectivity index (χ2n) is 6.52. The number of aromatic nitrogens is 2. The summed E-state index contributed by atoms with van der Waals surface area (Å²) in [6.45, 7) is 0. The quantitative estimate of drug-likeness (QED) is 0.280. The van der Waals surface area contributed by atoms with Gasteiger partial charge in [-0.25, -0.2) is 0 Å². The van der Waals surface area contributed by atoms with Crippen molar-refractivity contribution in [1.29, 1.82) is 0 Å². The number of carbonyl (C=O) groups is 2. The van der Waals surface area contributed by atoms with Crippen molar-refractivity contribution < 1.29 is 39.3 Å². The van der Waals surface area contributed by atoms with Gasteiger partial charge in [0, 0.05) is 23.2 Å². The van der Waals surface area contributed by atoms with Crippen molar-refractivity contribution in [2.75, 3.05) is 0 Å². The zero-order valence-corrected chi connectivity index (χ0v) is 20.6. The summed E-state index contributed by atoms with van der Waals surface area (Å²) in [5.41, 5.74) is 2.39. The standard InChI is InChI=1S/C12H8N2.2C7H6O2.Zn/c1-3-9-5-6-10-4-2-8-14-12(10)11(9)13-7-1;2*8-7(9)6-4-2-1-3-5-6;/h1-8H;2*1-5H,(H,8,9);/q;;;+2/p-2. The van der Waals surface area contributed by atoms with Gasteiger partial charge in [0.1, 0.15) is 0 Å². The Labute approximate surface area is 203 Å². The minimum absolute atomic E-state index is 0. The molecule has 0 aliphatic carbocycles. The van der Waals surface area contributed by atoms with Gasteiger partial charge in [-0.15, -0.1) is 0 Å². The van der Waals surface area contributed by atoms with E-state index in [1.165, 1.54) is 24.3 Å². The second kappa shape index (κ2) is 12.8. The zero-order valence-electron chi connectivity index (χ0n) is 17.6. The van der Waals surface area contributed by atoms with Crippen molar-refractivity contribution in [1.82, 2.24) is 9.97 Å². The summed E-state index contributed by atoms with van der Waals surface area (Å²) in [4.78, 5) is 28.9. The van der Waals surface area contributed by atoms with Gasteiger partial charge in [0.05, 0.1) is 23.0 Å². The molecule has 2 heterocycles. The second-order valence-corrected chi connectivity index (χ2v) is 6.52. The van der Waals surface area contributed by atoms with Gasteiger partial charge in [-0.1, -0.05) is 84.9 Å². The third-order valence-electron chi connectivity index (χ3n) is 4.36. The van der Waals surface area contributed by atoms with Crippen LogP contribution in [0.15, 0.2) is 109 Å². The average Bonchev–Trinajstić information content (AvgIpc) is 2.86. The summed E-state index contributed by atoms with van der Waals surface area (Å²) >= 11 is 0. The van der Waals surface area contributed by atoms with E-state index in [9.17, 15) is 19.8 Å². The van der Waals surface area contributed by atoms with Gasteiger partial charge in [0.2, 0.25) is 0 Å². The molecule has 5 aromatic rings. The van der Waals surface area contributed by atoms with Crippen LogP contribution in [0.3, 0.4) is 0 Å². The summed E-state index contributed by atoms with van der Waals surface area (Å²) in [5.74, 6) is -2.26. The Morgan fingerprint density at radius 1 is 0.515 bits per heavy atom. The van der Waals surface area contributed by atoms with E-state index in [-0.39, 0.29) is 30.6 Å². The molecule has 7 heteroatoms. The van der Waals surface area contributed by atoms with Gasteiger partial charge in [-0.3, -0.25) is 9.97 Å². The number of aromatic carboxylic acids is 2. The number of nitrogens with zero attached hydrogens (tertiary/aromatic N) is 2. The Balaban J connectivity index is 0.000000180. The third-order valence-corrected chi connectivity index (χ3v) is 4.36. The van der Waals surface area contributed by atoms with Crippen LogP contribution in [0.4, 0.5) is 0 Å². The summed E-state index contributed by atoms with van der Waals surface area (Å²) in [7, 11) is 0. The first-order valence-electron chi connectivity index (χ1n) is 9.67. The normalized spacial score (nSPS) is 9.45. The molecule has 0 unspecified atom stereocenters. The predicted octanol–water partition coefficient (Wildman–Crippen LogP) is 2.88. The van der Waals surface area contributed by atoms with Crippen LogP contribution < -0.4 is 10.2 Å². The molecule has 0 saturated carbocycles. The van der Waals surface area contributed by atoms with Gasteiger partial charge < -0.3 is 19.8 Å². The van der Waals surface area contributed by atoms with Crippen LogP contribution in [-0.2, 0) is 19.5 Å². The Morgan fingerprint density at radius 3 is 1.18 bits per heavy atom. The van der Waals surface area contributed by atoms with Crippen molar-refractivity contribution in [2.45, 2.75) is 0 Å². The molecule has 0 atom stereocenters. The minimum Gasteiger partial charge on any atom is -0.545 e. The van der Waals surface area contributed by atoms with E-state index >= 15 is 0 Å². The summed E-state index contributed by atoms with van der Waals surface area (Å²) < 4.78 is 0. The number of rotatable bonds is 2. The van der Waals surface area contributed by atoms with Gasteiger partial charge in [0.25, 0.3) is 0 Å². The molecular weight excluding hydrogens is 470 g/mol. The van der Waals surface area contributed by atoms with Crippen molar-refractivity contribution in [3.05, 3.63) is 121 Å². The van der Waals surface area contributed by atoms with E-state index in [1.807, 2.05) is 12.1 Å². The maximum Gasteiger partial charge on any atom is 2.00 e. The number of carboxylic acids is 2. The molecule has 3 aromatic carbocycles. The number of benzene rings is 3. The average molecular weight is 488 g/mol. The number of hydrogen-bond acceptors (Lipinski definition) is 6. The fourth-order valence-corrected chi connectivity index (χ4v) is 2.83. The number of hydrogen-bond donors (Lipinski definition) is 0. The van der Waals surface area contributed by atoms with E-state index in [2.05, 4.69) is 34.2 Å². The largest absolute Gasteiger partial charge is 2.00 e. The van der Waals surface area contributed by atoms with Crippen LogP contribution in [0.25, 0.3) is 21.8 Å². The molecule has 0 aliphatic heterocycles. The van der Waals surface area contributed by atoms with Gasteiger partial charge in [0.15, 0.2) is 0 Å². The van der Waals surface area contributed by atoms with E-state index in [1.54, 1.807) is 48.8 Å². The molecule has 33 heavy (non-hydrogen) atoms. The zero-order chi connectivity index (χ0) is 22.8. The van der Waals surface area contributed by atoms with Crippen molar-refractivity contribution in [3.8, 4) is 0 Å². The Morgan fingerprint density at radius 2 is 0.879 bits per heavy atom. The first kappa shape index (κ1) is 25.3. The first-order valence-corrected chi connectivity index (χ1v) is 9.67. The molecule has 158 valence electrons. The Kier molecular flexibility index (Phi) is 9.81. The molecule has 0 aliphatic rings. The number of fused-ring (bicyclic) bond motifs is 3. The van der Waals surface area contributed by atoms with Gasteiger partial charge >= 0.3 is 19.5 Å². The Hall–Kier alpha value is -3.96. The molecular formula is C26H18N2O4Zn. The molecule has 0 radical (unpaired) electrons. The Bertz CT molecular complexity index is 1230. The SMILES string of the molecule is O=C([O-])c1ccccc1.O=C([O-])c1ccccc1.[Zn+2].c1cnc2c(c1)ccc1cccnc12. The van der Waals surface area contributed by atoms with Gasteiger partial charge in [-0.05, 0) is 23.3 Å². The van der Waals surface area contributed by atoms with E-state index in [0.29, 0.717) is 0 Å². The molecule has 6 nitrogen and oxygen atoms in total. The maximum absolute atomic E-state index is 10.1. The molecule has 5 rings (SSSR count). The summed E-state index contributed by atoms with van der Waals surface area (Å²) in [6.07, 6.45) is 3.60. The van der Waals surface area contributed by atoms with Crippen LogP contribution in [0.2, 0.25) is 0 Å². The molecule has 0 N–H and O–H groups in total. The van der Waals surface area contributed by atoms with Crippen LogP contribution in [0, 0.1) is 0 Å². The smallest absolute Gasteiger partial charge is 0.545 e. The summed E-state index contributed by atoms with van der Waals surface area (Å²) in [5, 5.41) is 22.5. The molecule has 0 fully saturated rings. The van der Waals surface area contributed by atoms with Crippen LogP contribution in [0.5, 0.6) is 0 Å². The van der Waals surface area contributed by atoms with Crippen LogP contribution >= 0.6 is 0 Å². The summed E-state index contributed by atoms with van der Waals surface area (Å²) in [6, 6.07) is 28.3. The fourth-order valence-electron chi connectivity index (χ4n) is 2.83. The van der Waals surface area contributed by atoms with Crippen molar-refractivity contribution >= 4 is 33.7 Å². The monoisotopic (exact) mass is 486 g/mol. The van der Waals surface area contributed by atoms with Gasteiger partial charge in [-0.2, -0.15) is 0 Å². The number of pyridine rings is 2. The maximum atomic E-state index is 10.1. The van der Waals surface area contributed by atoms with Crippen LogP contribution in [0.1, 0.15) is 20.7 Å². The third kappa shape index (κ3) is 7.30. The molecule has 0 saturated heterocycles. The topological polar surface area (TPSA) is 106 Å². The molecule has 0 amide bonds. The van der Waals surface area contributed by atoms with E-state index in [4.69, 9.17) is 0 Å². The minimum atomic E-state index is -1.13. The van der Waals surface area contributed by atoms with E-state index < -0.39 is 11.9 Å². The molecule has 0 bridgehead atoms. The number of carbonyl (C=O) groups excluding carboxylic acids is 2. The predicted molar refractivity (Wildman–Crippen MR) is 119 cm³/mol. The first-order chi connectivity index (χ1) is 15.6. The molecule has 0 spiro atoms.